The Kier molecular flexibility index (Phi) is 8.29. The number of nitrogens with zero attached hydrogens (tertiary/aromatic N) is 2. The number of likely N-dealkylation sites (tertiary alicyclic amines) is 1. The van der Waals surface area contributed by atoms with E-state index in [0.717, 1.165) is 50.2 Å². The third-order valence-corrected chi connectivity index (χ3v) is 6.60. The average molecular weight is 468 g/mol. The Labute approximate surface area is 201 Å². The van der Waals surface area contributed by atoms with Crippen LogP contribution in [0.4, 0.5) is 4.39 Å². The van der Waals surface area contributed by atoms with Crippen LogP contribution in [0.5, 0.6) is 0 Å². The predicted molar refractivity (Wildman–Crippen MR) is 128 cm³/mol. The van der Waals surface area contributed by atoms with Crippen LogP contribution in [0.25, 0.3) is 0 Å². The SMILES string of the molecule is CC1CN(Cc2cccc(CNC(=O)C3CCCN(C(=O)Cc4ccc(F)cc4)C3)c2)CCO1. The molecular formula is C27H34FN3O3. The van der Waals surface area contributed by atoms with Crippen LogP contribution in [0, 0.1) is 11.7 Å². The Morgan fingerprint density at radius 2 is 1.85 bits per heavy atom. The molecule has 6 nitrogen and oxygen atoms in total. The number of nitrogens with one attached hydrogen (secondary N) is 1. The molecule has 2 aromatic carbocycles. The van der Waals surface area contributed by atoms with E-state index < -0.39 is 0 Å². The Morgan fingerprint density at radius 3 is 2.65 bits per heavy atom. The van der Waals surface area contributed by atoms with Crippen molar-refractivity contribution in [1.29, 1.82) is 0 Å². The Morgan fingerprint density at radius 1 is 1.06 bits per heavy atom. The lowest BCUT2D eigenvalue weighted by Crippen LogP contribution is -2.45. The maximum absolute atomic E-state index is 13.1. The zero-order chi connectivity index (χ0) is 23.9. The van der Waals surface area contributed by atoms with Crippen molar-refractivity contribution in [3.63, 3.8) is 0 Å². The lowest BCUT2D eigenvalue weighted by Gasteiger charge is -2.32. The van der Waals surface area contributed by atoms with Gasteiger partial charge in [0.2, 0.25) is 11.8 Å². The van der Waals surface area contributed by atoms with Crippen LogP contribution in [-0.4, -0.2) is 60.5 Å². The summed E-state index contributed by atoms with van der Waals surface area (Å²) in [6.07, 6.45) is 2.07. The van der Waals surface area contributed by atoms with Gasteiger partial charge in [-0.25, -0.2) is 4.39 Å². The first-order valence-corrected chi connectivity index (χ1v) is 12.2. The Balaban J connectivity index is 1.26. The summed E-state index contributed by atoms with van der Waals surface area (Å²) in [5, 5.41) is 3.07. The molecule has 2 unspecified atom stereocenters. The fourth-order valence-electron chi connectivity index (χ4n) is 4.77. The van der Waals surface area contributed by atoms with Gasteiger partial charge in [0.25, 0.3) is 0 Å². The number of rotatable bonds is 7. The number of hydrogen-bond donors (Lipinski definition) is 1. The maximum atomic E-state index is 13.1. The second-order valence-electron chi connectivity index (χ2n) is 9.44. The van der Waals surface area contributed by atoms with Gasteiger partial charge in [0.15, 0.2) is 0 Å². The van der Waals surface area contributed by atoms with E-state index >= 15 is 0 Å². The van der Waals surface area contributed by atoms with Crippen LogP contribution in [0.1, 0.15) is 36.5 Å². The second-order valence-corrected chi connectivity index (χ2v) is 9.44. The van der Waals surface area contributed by atoms with E-state index in [1.54, 1.807) is 17.0 Å². The largest absolute Gasteiger partial charge is 0.376 e. The highest BCUT2D eigenvalue weighted by atomic mass is 19.1. The first-order valence-electron chi connectivity index (χ1n) is 12.2. The molecule has 2 aliphatic heterocycles. The Hall–Kier alpha value is -2.77. The van der Waals surface area contributed by atoms with Gasteiger partial charge >= 0.3 is 0 Å². The number of piperidine rings is 1. The van der Waals surface area contributed by atoms with Crippen molar-refractivity contribution in [1.82, 2.24) is 15.1 Å². The van der Waals surface area contributed by atoms with Crippen molar-refractivity contribution in [2.24, 2.45) is 5.92 Å². The van der Waals surface area contributed by atoms with Crippen LogP contribution in [0.2, 0.25) is 0 Å². The van der Waals surface area contributed by atoms with Crippen molar-refractivity contribution >= 4 is 11.8 Å². The van der Waals surface area contributed by atoms with Gasteiger partial charge in [-0.15, -0.1) is 0 Å². The maximum Gasteiger partial charge on any atom is 0.227 e. The summed E-state index contributed by atoms with van der Waals surface area (Å²) < 4.78 is 18.7. The van der Waals surface area contributed by atoms with Crippen molar-refractivity contribution in [2.45, 2.75) is 45.4 Å². The van der Waals surface area contributed by atoms with Crippen molar-refractivity contribution < 1.29 is 18.7 Å². The third-order valence-electron chi connectivity index (χ3n) is 6.60. The molecule has 7 heteroatoms. The molecule has 2 fully saturated rings. The molecule has 34 heavy (non-hydrogen) atoms. The molecule has 182 valence electrons. The lowest BCUT2D eigenvalue weighted by atomic mass is 9.96. The van der Waals surface area contributed by atoms with Gasteiger partial charge in [0, 0.05) is 39.3 Å². The fraction of sp³-hybridized carbons (Fsp3) is 0.481. The monoisotopic (exact) mass is 467 g/mol. The van der Waals surface area contributed by atoms with Gasteiger partial charge in [-0.3, -0.25) is 14.5 Å². The molecule has 2 aliphatic rings. The van der Waals surface area contributed by atoms with E-state index in [4.69, 9.17) is 4.74 Å². The molecule has 0 saturated carbocycles. The first kappa shape index (κ1) is 24.4. The average Bonchev–Trinajstić information content (AvgIpc) is 2.84. The first-order chi connectivity index (χ1) is 16.5. The van der Waals surface area contributed by atoms with Gasteiger partial charge in [0.1, 0.15) is 5.82 Å². The number of amides is 2. The summed E-state index contributed by atoms with van der Waals surface area (Å²) in [6, 6.07) is 14.3. The number of ether oxygens (including phenoxy) is 1. The van der Waals surface area contributed by atoms with Gasteiger partial charge in [-0.1, -0.05) is 36.4 Å². The van der Waals surface area contributed by atoms with Crippen molar-refractivity contribution in [3.8, 4) is 0 Å². The number of benzene rings is 2. The van der Waals surface area contributed by atoms with E-state index in [1.807, 2.05) is 12.1 Å². The van der Waals surface area contributed by atoms with Crippen LogP contribution in [-0.2, 0) is 33.8 Å². The molecule has 1 N–H and O–H groups in total. The van der Waals surface area contributed by atoms with E-state index in [9.17, 15) is 14.0 Å². The number of halogens is 1. The second kappa shape index (κ2) is 11.6. The molecule has 2 atom stereocenters. The highest BCUT2D eigenvalue weighted by molar-refractivity contribution is 5.82. The van der Waals surface area contributed by atoms with Crippen LogP contribution >= 0.6 is 0 Å². The standard InChI is InChI=1S/C27H34FN3O3/c1-20-17-30(12-13-34-20)18-23-5-2-4-22(14-23)16-29-27(33)24-6-3-11-31(19-24)26(32)15-21-7-9-25(28)10-8-21/h2,4-5,7-10,14,20,24H,3,6,11-13,15-19H2,1H3,(H,29,33). The Bertz CT molecular complexity index is 981. The number of hydrogen-bond acceptors (Lipinski definition) is 4. The molecular weight excluding hydrogens is 433 g/mol. The summed E-state index contributed by atoms with van der Waals surface area (Å²) in [6.45, 7) is 7.17. The van der Waals surface area contributed by atoms with Gasteiger partial charge < -0.3 is 15.0 Å². The molecule has 0 aromatic heterocycles. The summed E-state index contributed by atoms with van der Waals surface area (Å²) >= 11 is 0. The predicted octanol–water partition coefficient (Wildman–Crippen LogP) is 3.14. The molecule has 2 heterocycles. The van der Waals surface area contributed by atoms with Crippen LogP contribution in [0.15, 0.2) is 48.5 Å². The molecule has 2 saturated heterocycles. The van der Waals surface area contributed by atoms with E-state index in [2.05, 4.69) is 29.3 Å². The summed E-state index contributed by atoms with van der Waals surface area (Å²) in [7, 11) is 0. The summed E-state index contributed by atoms with van der Waals surface area (Å²) in [4.78, 5) is 29.7. The van der Waals surface area contributed by atoms with E-state index in [1.165, 1.54) is 17.7 Å². The molecule has 0 spiro atoms. The molecule has 0 aliphatic carbocycles. The van der Waals surface area contributed by atoms with Crippen LogP contribution in [0.3, 0.4) is 0 Å². The molecule has 0 radical (unpaired) electrons. The molecule has 2 amide bonds. The third kappa shape index (κ3) is 6.87. The van der Waals surface area contributed by atoms with Crippen LogP contribution < -0.4 is 5.32 Å². The zero-order valence-electron chi connectivity index (χ0n) is 19.8. The number of carbonyl (C=O) groups is 2. The highest BCUT2D eigenvalue weighted by Crippen LogP contribution is 2.19. The van der Waals surface area contributed by atoms with Gasteiger partial charge in [-0.05, 0) is 48.6 Å². The molecule has 4 rings (SSSR count). The summed E-state index contributed by atoms with van der Waals surface area (Å²) in [5.41, 5.74) is 3.09. The van der Waals surface area contributed by atoms with E-state index in [0.29, 0.717) is 19.6 Å². The lowest BCUT2D eigenvalue weighted by molar-refractivity contribution is -0.135. The molecule has 2 aromatic rings. The summed E-state index contributed by atoms with van der Waals surface area (Å²) in [5.74, 6) is -0.544. The minimum atomic E-state index is -0.313. The smallest absolute Gasteiger partial charge is 0.227 e. The fourth-order valence-corrected chi connectivity index (χ4v) is 4.77. The molecule has 0 bridgehead atoms. The topological polar surface area (TPSA) is 61.9 Å². The number of carbonyl (C=O) groups excluding carboxylic acids is 2. The highest BCUT2D eigenvalue weighted by Gasteiger charge is 2.28. The van der Waals surface area contributed by atoms with Gasteiger partial charge in [0.05, 0.1) is 25.0 Å². The normalized spacial score (nSPS) is 21.3. The van der Waals surface area contributed by atoms with Crippen molar-refractivity contribution in [3.05, 3.63) is 71.0 Å². The van der Waals surface area contributed by atoms with Crippen molar-refractivity contribution in [2.75, 3.05) is 32.8 Å². The zero-order valence-corrected chi connectivity index (χ0v) is 19.8. The minimum absolute atomic E-state index is 0.00770. The quantitative estimate of drug-likeness (QED) is 0.680. The van der Waals surface area contributed by atoms with E-state index in [-0.39, 0.29) is 36.1 Å². The van der Waals surface area contributed by atoms with Gasteiger partial charge in [-0.2, -0.15) is 0 Å². The minimum Gasteiger partial charge on any atom is -0.376 e. The number of morpholine rings is 1.